The van der Waals surface area contributed by atoms with E-state index in [0.717, 1.165) is 47.5 Å². The summed E-state index contributed by atoms with van der Waals surface area (Å²) in [6.45, 7) is 4.75. The number of hydrogen-bond acceptors (Lipinski definition) is 5. The molecule has 0 radical (unpaired) electrons. The summed E-state index contributed by atoms with van der Waals surface area (Å²) in [5, 5.41) is 5.84. The number of para-hydroxylation sites is 1. The van der Waals surface area contributed by atoms with Crippen LogP contribution in [0.15, 0.2) is 72.6 Å². The van der Waals surface area contributed by atoms with Crippen molar-refractivity contribution in [3.05, 3.63) is 89.5 Å². The number of rotatable bonds is 4. The fourth-order valence-electron chi connectivity index (χ4n) is 4.68. The molecule has 1 aliphatic heterocycles. The van der Waals surface area contributed by atoms with Crippen molar-refractivity contribution in [3.8, 4) is 5.69 Å². The van der Waals surface area contributed by atoms with E-state index in [1.54, 1.807) is 27.6 Å². The minimum Gasteiger partial charge on any atom is -0.346 e. The first kappa shape index (κ1) is 18.6. The zero-order valence-corrected chi connectivity index (χ0v) is 17.3. The zero-order chi connectivity index (χ0) is 21.7. The first-order valence-electron chi connectivity index (χ1n) is 10.6. The fourth-order valence-corrected chi connectivity index (χ4v) is 4.68. The molecule has 1 N–H and O–H groups in total. The van der Waals surface area contributed by atoms with Crippen molar-refractivity contribution in [2.24, 2.45) is 0 Å². The number of nitrogens with one attached hydrogen (secondary N) is 1. The van der Waals surface area contributed by atoms with Crippen LogP contribution in [0.4, 0.5) is 5.82 Å². The van der Waals surface area contributed by atoms with Crippen LogP contribution in [0.2, 0.25) is 0 Å². The van der Waals surface area contributed by atoms with Gasteiger partial charge in [-0.25, -0.2) is 14.5 Å². The second-order valence-corrected chi connectivity index (χ2v) is 7.89. The Morgan fingerprint density at radius 1 is 1.12 bits per heavy atom. The van der Waals surface area contributed by atoms with E-state index in [4.69, 9.17) is 5.10 Å². The molecule has 1 aromatic carbocycles. The van der Waals surface area contributed by atoms with Gasteiger partial charge < -0.3 is 9.88 Å². The van der Waals surface area contributed by atoms with Gasteiger partial charge in [0.1, 0.15) is 23.3 Å². The Bertz CT molecular complexity index is 1510. The van der Waals surface area contributed by atoms with Gasteiger partial charge in [0, 0.05) is 24.5 Å². The molecule has 6 rings (SSSR count). The molecule has 32 heavy (non-hydrogen) atoms. The van der Waals surface area contributed by atoms with Gasteiger partial charge in [-0.3, -0.25) is 9.36 Å². The van der Waals surface area contributed by atoms with Crippen LogP contribution >= 0.6 is 0 Å². The van der Waals surface area contributed by atoms with Crippen molar-refractivity contribution < 1.29 is 0 Å². The lowest BCUT2D eigenvalue weighted by Crippen LogP contribution is -2.33. The van der Waals surface area contributed by atoms with Gasteiger partial charge in [-0.1, -0.05) is 30.9 Å². The van der Waals surface area contributed by atoms with Gasteiger partial charge >= 0.3 is 0 Å². The fraction of sp³-hybridized carbons (Fsp3) is 0.167. The highest BCUT2D eigenvalue weighted by atomic mass is 16.1. The first-order chi connectivity index (χ1) is 15.8. The lowest BCUT2D eigenvalue weighted by atomic mass is 10.1. The molecule has 1 aliphatic rings. The van der Waals surface area contributed by atoms with Gasteiger partial charge in [0.25, 0.3) is 5.56 Å². The van der Waals surface area contributed by atoms with Crippen molar-refractivity contribution in [1.29, 1.82) is 0 Å². The number of aromatic amines is 1. The molecule has 0 spiro atoms. The predicted octanol–water partition coefficient (Wildman–Crippen LogP) is 3.74. The zero-order valence-electron chi connectivity index (χ0n) is 17.3. The van der Waals surface area contributed by atoms with E-state index in [1.807, 2.05) is 48.8 Å². The molecule has 8 nitrogen and oxygen atoms in total. The minimum atomic E-state index is -0.111. The highest BCUT2D eigenvalue weighted by molar-refractivity contribution is 5.95. The Kier molecular flexibility index (Phi) is 4.17. The summed E-state index contributed by atoms with van der Waals surface area (Å²) in [6, 6.07) is 13.2. The standard InChI is InChI=1S/C24H21N7O/c1-2-16-14-25-21-20(16)23(27-15-26-21)29-12-6-10-18(29)22-28-30-13-7-11-19(30)24(32)31(22)17-8-4-3-5-9-17/h2-5,7-9,11,13-15,18H,1,6,10,12H2,(H,25,26,27). The first-order valence-corrected chi connectivity index (χ1v) is 10.6. The van der Waals surface area contributed by atoms with Gasteiger partial charge in [0.05, 0.1) is 17.1 Å². The number of nitrogens with zero attached hydrogens (tertiary/aromatic N) is 6. The van der Waals surface area contributed by atoms with E-state index < -0.39 is 0 Å². The predicted molar refractivity (Wildman–Crippen MR) is 124 cm³/mol. The Morgan fingerprint density at radius 2 is 2.00 bits per heavy atom. The van der Waals surface area contributed by atoms with E-state index in [-0.39, 0.29) is 11.6 Å². The van der Waals surface area contributed by atoms with Crippen LogP contribution in [-0.4, -0.2) is 35.7 Å². The second kappa shape index (κ2) is 7.19. The van der Waals surface area contributed by atoms with Crippen LogP contribution in [-0.2, 0) is 0 Å². The second-order valence-electron chi connectivity index (χ2n) is 7.89. The lowest BCUT2D eigenvalue weighted by molar-refractivity contribution is 0.602. The Morgan fingerprint density at radius 3 is 2.84 bits per heavy atom. The maximum Gasteiger partial charge on any atom is 0.282 e. The highest BCUT2D eigenvalue weighted by Gasteiger charge is 2.33. The molecular formula is C24H21N7O. The molecule has 1 saturated heterocycles. The van der Waals surface area contributed by atoms with Gasteiger partial charge in [-0.2, -0.15) is 5.10 Å². The normalized spacial score (nSPS) is 16.2. The molecule has 0 amide bonds. The van der Waals surface area contributed by atoms with E-state index in [2.05, 4.69) is 26.4 Å². The monoisotopic (exact) mass is 423 g/mol. The number of aromatic nitrogens is 6. The average molecular weight is 423 g/mol. The molecule has 1 unspecified atom stereocenters. The Balaban J connectivity index is 1.59. The van der Waals surface area contributed by atoms with Crippen LogP contribution in [0.5, 0.6) is 0 Å². The quantitative estimate of drug-likeness (QED) is 0.476. The van der Waals surface area contributed by atoms with Crippen LogP contribution in [0, 0.1) is 0 Å². The molecule has 1 fully saturated rings. The lowest BCUT2D eigenvalue weighted by Gasteiger charge is -2.27. The summed E-state index contributed by atoms with van der Waals surface area (Å²) < 4.78 is 3.41. The summed E-state index contributed by atoms with van der Waals surface area (Å²) in [6.07, 6.45) is 8.93. The number of benzene rings is 1. The van der Waals surface area contributed by atoms with Gasteiger partial charge in [0.2, 0.25) is 0 Å². The highest BCUT2D eigenvalue weighted by Crippen LogP contribution is 2.38. The molecule has 1 atom stereocenters. The average Bonchev–Trinajstić information content (AvgIpc) is 3.58. The summed E-state index contributed by atoms with van der Waals surface area (Å²) >= 11 is 0. The van der Waals surface area contributed by atoms with Gasteiger partial charge in [0.15, 0.2) is 5.82 Å². The van der Waals surface area contributed by atoms with E-state index >= 15 is 0 Å². The number of hydrogen-bond donors (Lipinski definition) is 1. The Hall–Kier alpha value is -4.20. The molecule has 5 heterocycles. The SMILES string of the molecule is C=Cc1c[nH]c2ncnc(N3CCCC3c3nn4cccc4c(=O)n3-c3ccccc3)c12. The van der Waals surface area contributed by atoms with Gasteiger partial charge in [-0.15, -0.1) is 0 Å². The molecule has 0 bridgehead atoms. The topological polar surface area (TPSA) is 84.1 Å². The maximum atomic E-state index is 13.5. The van der Waals surface area contributed by atoms with Crippen LogP contribution < -0.4 is 10.5 Å². The third-order valence-electron chi connectivity index (χ3n) is 6.13. The molecule has 0 saturated carbocycles. The van der Waals surface area contributed by atoms with Crippen molar-refractivity contribution in [2.45, 2.75) is 18.9 Å². The van der Waals surface area contributed by atoms with Crippen molar-refractivity contribution in [3.63, 3.8) is 0 Å². The van der Waals surface area contributed by atoms with Crippen LogP contribution in [0.3, 0.4) is 0 Å². The van der Waals surface area contributed by atoms with Crippen LogP contribution in [0.1, 0.15) is 30.3 Å². The number of H-pyrrole nitrogens is 1. The Labute approximate surface area is 183 Å². The third kappa shape index (κ3) is 2.69. The molecule has 158 valence electrons. The maximum absolute atomic E-state index is 13.5. The van der Waals surface area contributed by atoms with Gasteiger partial charge in [-0.05, 0) is 37.1 Å². The van der Waals surface area contributed by atoms with Crippen molar-refractivity contribution in [2.75, 3.05) is 11.4 Å². The largest absolute Gasteiger partial charge is 0.346 e. The molecule has 8 heteroatoms. The van der Waals surface area contributed by atoms with Crippen LogP contribution in [0.25, 0.3) is 28.3 Å². The number of fused-ring (bicyclic) bond motifs is 2. The minimum absolute atomic E-state index is 0.0840. The van der Waals surface area contributed by atoms with Crippen molar-refractivity contribution in [1.82, 2.24) is 29.1 Å². The molecule has 0 aliphatic carbocycles. The summed E-state index contributed by atoms with van der Waals surface area (Å²) in [5.41, 5.74) is 2.99. The van der Waals surface area contributed by atoms with E-state index in [9.17, 15) is 4.79 Å². The van der Waals surface area contributed by atoms with E-state index in [1.165, 1.54) is 0 Å². The van der Waals surface area contributed by atoms with Crippen molar-refractivity contribution >= 4 is 28.4 Å². The third-order valence-corrected chi connectivity index (χ3v) is 6.13. The number of anilines is 1. The smallest absolute Gasteiger partial charge is 0.282 e. The molecule has 4 aromatic heterocycles. The summed E-state index contributed by atoms with van der Waals surface area (Å²) in [4.78, 5) is 28.0. The summed E-state index contributed by atoms with van der Waals surface area (Å²) in [7, 11) is 0. The molecule has 5 aromatic rings. The molecular weight excluding hydrogens is 402 g/mol. The summed E-state index contributed by atoms with van der Waals surface area (Å²) in [5.74, 6) is 1.53. The van der Waals surface area contributed by atoms with E-state index in [0.29, 0.717) is 11.3 Å².